The lowest BCUT2D eigenvalue weighted by Gasteiger charge is -2.10. The van der Waals surface area contributed by atoms with Gasteiger partial charge >= 0.3 is 0 Å². The first kappa shape index (κ1) is 14.3. The van der Waals surface area contributed by atoms with Crippen LogP contribution in [-0.2, 0) is 0 Å². The van der Waals surface area contributed by atoms with Crippen molar-refractivity contribution in [2.45, 2.75) is 6.92 Å². The van der Waals surface area contributed by atoms with Crippen molar-refractivity contribution in [2.24, 2.45) is 0 Å². The van der Waals surface area contributed by atoms with E-state index in [1.54, 1.807) is 12.1 Å². The predicted octanol–water partition coefficient (Wildman–Crippen LogP) is 4.71. The van der Waals surface area contributed by atoms with Gasteiger partial charge in [-0.3, -0.25) is 9.78 Å². The van der Waals surface area contributed by atoms with Gasteiger partial charge in [0, 0.05) is 21.9 Å². The average molecular weight is 360 g/mol. The van der Waals surface area contributed by atoms with Crippen LogP contribution < -0.4 is 5.32 Å². The van der Waals surface area contributed by atoms with E-state index in [-0.39, 0.29) is 5.91 Å². The lowest BCUT2D eigenvalue weighted by atomic mass is 10.2. The quantitative estimate of drug-likeness (QED) is 0.843. The summed E-state index contributed by atoms with van der Waals surface area (Å²) in [5.41, 5.74) is 1.82. The van der Waals surface area contributed by atoms with E-state index in [0.29, 0.717) is 21.3 Å². The maximum atomic E-state index is 12.1. The molecule has 3 nitrogen and oxygen atoms in total. The summed E-state index contributed by atoms with van der Waals surface area (Å²) >= 11 is 15.4. The topological polar surface area (TPSA) is 42.0 Å². The number of aryl methyl sites for hydroxylation is 1. The Morgan fingerprint density at radius 2 is 2.05 bits per heavy atom. The molecule has 2 rings (SSSR count). The third kappa shape index (κ3) is 3.26. The van der Waals surface area contributed by atoms with E-state index in [4.69, 9.17) is 23.2 Å². The van der Waals surface area contributed by atoms with Crippen molar-refractivity contribution in [1.29, 1.82) is 0 Å². The van der Waals surface area contributed by atoms with Gasteiger partial charge in [-0.25, -0.2) is 0 Å². The van der Waals surface area contributed by atoms with Crippen LogP contribution in [0, 0.1) is 6.92 Å². The van der Waals surface area contributed by atoms with Gasteiger partial charge in [0.05, 0.1) is 16.3 Å². The smallest absolute Gasteiger partial charge is 0.258 e. The number of pyridine rings is 1. The number of carbonyl (C=O) groups is 1. The maximum absolute atomic E-state index is 12.1. The largest absolute Gasteiger partial charge is 0.321 e. The van der Waals surface area contributed by atoms with E-state index < -0.39 is 0 Å². The highest BCUT2D eigenvalue weighted by molar-refractivity contribution is 9.10. The van der Waals surface area contributed by atoms with Gasteiger partial charge in [0.15, 0.2) is 0 Å². The van der Waals surface area contributed by atoms with E-state index in [1.807, 2.05) is 13.0 Å². The Balaban J connectivity index is 2.30. The Labute approximate surface area is 129 Å². The summed E-state index contributed by atoms with van der Waals surface area (Å²) in [6.07, 6.45) is 2.94. The van der Waals surface area contributed by atoms with Gasteiger partial charge in [0.25, 0.3) is 5.91 Å². The van der Waals surface area contributed by atoms with E-state index in [2.05, 4.69) is 26.2 Å². The fourth-order valence-electron chi connectivity index (χ4n) is 1.48. The maximum Gasteiger partial charge on any atom is 0.258 e. The molecule has 0 aliphatic rings. The molecule has 0 bridgehead atoms. The molecular weight excluding hydrogens is 351 g/mol. The number of hydrogen-bond acceptors (Lipinski definition) is 2. The lowest BCUT2D eigenvalue weighted by molar-refractivity contribution is 0.102. The highest BCUT2D eigenvalue weighted by Gasteiger charge is 2.13. The number of aromatic nitrogens is 1. The summed E-state index contributed by atoms with van der Waals surface area (Å²) in [5.74, 6) is -0.335. The van der Waals surface area contributed by atoms with Crippen molar-refractivity contribution in [2.75, 3.05) is 5.32 Å². The van der Waals surface area contributed by atoms with Crippen LogP contribution in [0.2, 0.25) is 10.0 Å². The standard InChI is InChI=1S/C13H9BrCl2N2O/c1-7-4-9(14)12(5-11(7)16)18-13(19)8-6-17-3-2-10(8)15/h2-6H,1H3,(H,18,19). The van der Waals surface area contributed by atoms with E-state index in [0.717, 1.165) is 10.0 Å². The molecule has 0 aliphatic carbocycles. The van der Waals surface area contributed by atoms with Gasteiger partial charge in [-0.1, -0.05) is 23.2 Å². The van der Waals surface area contributed by atoms with Crippen LogP contribution in [0.5, 0.6) is 0 Å². The van der Waals surface area contributed by atoms with Gasteiger partial charge in [-0.2, -0.15) is 0 Å². The van der Waals surface area contributed by atoms with Gasteiger partial charge in [0.2, 0.25) is 0 Å². The number of benzene rings is 1. The third-order valence-electron chi connectivity index (χ3n) is 2.51. The number of hydrogen-bond donors (Lipinski definition) is 1. The highest BCUT2D eigenvalue weighted by atomic mass is 79.9. The predicted molar refractivity (Wildman–Crippen MR) is 81.1 cm³/mol. The number of nitrogens with one attached hydrogen (secondary N) is 1. The fraction of sp³-hybridized carbons (Fsp3) is 0.0769. The number of carbonyl (C=O) groups excluding carboxylic acids is 1. The molecule has 0 saturated heterocycles. The van der Waals surface area contributed by atoms with Gasteiger partial charge in [-0.05, 0) is 46.6 Å². The molecule has 1 N–H and O–H groups in total. The molecule has 0 saturated carbocycles. The molecule has 1 amide bonds. The van der Waals surface area contributed by atoms with E-state index in [9.17, 15) is 4.79 Å². The second kappa shape index (κ2) is 5.90. The number of anilines is 1. The summed E-state index contributed by atoms with van der Waals surface area (Å²) in [7, 11) is 0. The first-order valence-electron chi connectivity index (χ1n) is 5.35. The van der Waals surface area contributed by atoms with Crippen LogP contribution >= 0.6 is 39.1 Å². The van der Waals surface area contributed by atoms with Gasteiger partial charge in [-0.15, -0.1) is 0 Å². The number of halogens is 3. The van der Waals surface area contributed by atoms with Crippen molar-refractivity contribution >= 4 is 50.7 Å². The molecule has 1 aromatic carbocycles. The molecule has 98 valence electrons. The second-order valence-corrected chi connectivity index (χ2v) is 5.56. The fourth-order valence-corrected chi connectivity index (χ4v) is 2.39. The minimum atomic E-state index is -0.335. The number of nitrogens with zero attached hydrogens (tertiary/aromatic N) is 1. The summed E-state index contributed by atoms with van der Waals surface area (Å²) in [6.45, 7) is 1.89. The molecule has 0 spiro atoms. The minimum absolute atomic E-state index is 0.313. The molecule has 0 unspecified atom stereocenters. The Kier molecular flexibility index (Phi) is 4.45. The third-order valence-corrected chi connectivity index (χ3v) is 3.90. The Bertz CT molecular complexity index is 647. The average Bonchev–Trinajstić information content (AvgIpc) is 2.36. The molecule has 0 fully saturated rings. The van der Waals surface area contributed by atoms with Crippen LogP contribution in [0.25, 0.3) is 0 Å². The second-order valence-electron chi connectivity index (χ2n) is 3.89. The Morgan fingerprint density at radius 3 is 2.74 bits per heavy atom. The first-order valence-corrected chi connectivity index (χ1v) is 6.90. The molecule has 6 heteroatoms. The molecule has 1 heterocycles. The summed E-state index contributed by atoms with van der Waals surface area (Å²) in [5, 5.41) is 3.67. The zero-order valence-corrected chi connectivity index (χ0v) is 13.0. The normalized spacial score (nSPS) is 10.3. The van der Waals surface area contributed by atoms with Crippen LogP contribution in [0.15, 0.2) is 35.1 Å². The molecule has 0 aliphatic heterocycles. The van der Waals surface area contributed by atoms with Crippen LogP contribution in [0.1, 0.15) is 15.9 Å². The number of amides is 1. The lowest BCUT2D eigenvalue weighted by Crippen LogP contribution is -2.13. The Hall–Kier alpha value is -1.10. The highest BCUT2D eigenvalue weighted by Crippen LogP contribution is 2.29. The van der Waals surface area contributed by atoms with Gasteiger partial charge < -0.3 is 5.32 Å². The van der Waals surface area contributed by atoms with E-state index in [1.165, 1.54) is 12.4 Å². The first-order chi connectivity index (χ1) is 8.99. The molecule has 0 radical (unpaired) electrons. The van der Waals surface area contributed by atoms with Crippen molar-refractivity contribution < 1.29 is 4.79 Å². The molecule has 1 aromatic heterocycles. The van der Waals surface area contributed by atoms with Gasteiger partial charge in [0.1, 0.15) is 0 Å². The van der Waals surface area contributed by atoms with Crippen LogP contribution in [0.3, 0.4) is 0 Å². The zero-order chi connectivity index (χ0) is 14.0. The monoisotopic (exact) mass is 358 g/mol. The van der Waals surface area contributed by atoms with Crippen LogP contribution in [-0.4, -0.2) is 10.9 Å². The van der Waals surface area contributed by atoms with Crippen molar-refractivity contribution in [3.8, 4) is 0 Å². The van der Waals surface area contributed by atoms with Crippen molar-refractivity contribution in [1.82, 2.24) is 4.98 Å². The zero-order valence-electron chi connectivity index (χ0n) is 9.88. The van der Waals surface area contributed by atoms with Crippen molar-refractivity contribution in [3.05, 3.63) is 56.2 Å². The van der Waals surface area contributed by atoms with Crippen LogP contribution in [0.4, 0.5) is 5.69 Å². The number of rotatable bonds is 2. The van der Waals surface area contributed by atoms with Crippen molar-refractivity contribution in [3.63, 3.8) is 0 Å². The minimum Gasteiger partial charge on any atom is -0.321 e. The summed E-state index contributed by atoms with van der Waals surface area (Å²) < 4.78 is 0.753. The Morgan fingerprint density at radius 1 is 1.32 bits per heavy atom. The molecule has 0 atom stereocenters. The summed E-state index contributed by atoms with van der Waals surface area (Å²) in [6, 6.07) is 5.08. The molecule has 2 aromatic rings. The SMILES string of the molecule is Cc1cc(Br)c(NC(=O)c2cnccc2Cl)cc1Cl. The van der Waals surface area contributed by atoms with E-state index >= 15 is 0 Å². The molecule has 19 heavy (non-hydrogen) atoms. The summed E-state index contributed by atoms with van der Waals surface area (Å²) in [4.78, 5) is 16.0. The molecular formula is C13H9BrCl2N2O.